The van der Waals surface area contributed by atoms with Crippen LogP contribution < -0.4 is 13.8 Å². The molecule has 40 heavy (non-hydrogen) atoms. The van der Waals surface area contributed by atoms with Crippen LogP contribution in [0.3, 0.4) is 0 Å². The fourth-order valence-electron chi connectivity index (χ4n) is 6.70. The van der Waals surface area contributed by atoms with Gasteiger partial charge in [-0.3, -0.25) is 0 Å². The van der Waals surface area contributed by atoms with E-state index in [-0.39, 0.29) is 11.4 Å². The summed E-state index contributed by atoms with van der Waals surface area (Å²) in [7, 11) is 1.97. The van der Waals surface area contributed by atoms with Crippen molar-refractivity contribution in [1.82, 2.24) is 9.78 Å². The molecule has 4 aromatic rings. The molecular weight excluding hydrogens is 534 g/mol. The van der Waals surface area contributed by atoms with Gasteiger partial charge >= 0.3 is 22.1 Å². The Labute approximate surface area is 236 Å². The summed E-state index contributed by atoms with van der Waals surface area (Å²) in [6, 6.07) is 20.8. The Morgan fingerprint density at radius 1 is 1.02 bits per heavy atom. The highest BCUT2D eigenvalue weighted by Gasteiger charge is 2.54. The summed E-state index contributed by atoms with van der Waals surface area (Å²) in [6.45, 7) is 4.24. The maximum atomic E-state index is 14.3. The van der Waals surface area contributed by atoms with Gasteiger partial charge in [0.05, 0.1) is 5.69 Å². The zero-order valence-corrected chi connectivity index (χ0v) is 23.2. The molecule has 0 amide bonds. The first-order chi connectivity index (χ1) is 19.1. The second kappa shape index (κ2) is 8.85. The van der Waals surface area contributed by atoms with E-state index in [1.807, 2.05) is 25.3 Å². The van der Waals surface area contributed by atoms with Gasteiger partial charge < -0.3 is 17.6 Å². The first-order valence-corrected chi connectivity index (χ1v) is 14.1. The van der Waals surface area contributed by atoms with Crippen molar-refractivity contribution in [2.45, 2.75) is 43.6 Å². The summed E-state index contributed by atoms with van der Waals surface area (Å²) in [5.41, 5.74) is 1.86. The van der Waals surface area contributed by atoms with Gasteiger partial charge in [-0.1, -0.05) is 68.5 Å². The van der Waals surface area contributed by atoms with Crippen LogP contribution in [0.25, 0.3) is 16.5 Å². The molecule has 0 N–H and O–H groups in total. The number of halogens is 3. The normalized spacial score (nSPS) is 25.9. The molecule has 7 rings (SSSR count). The zero-order valence-electron chi connectivity index (χ0n) is 22.0. The lowest BCUT2D eigenvalue weighted by Gasteiger charge is -2.55. The maximum Gasteiger partial charge on any atom is 0.775 e. The largest absolute Gasteiger partial charge is 0.851 e. The van der Waals surface area contributed by atoms with Gasteiger partial charge in [0, 0.05) is 41.4 Å². The van der Waals surface area contributed by atoms with E-state index in [1.54, 1.807) is 30.3 Å². The van der Waals surface area contributed by atoms with E-state index < -0.39 is 57.2 Å². The Morgan fingerprint density at radius 3 is 2.50 bits per heavy atom. The van der Waals surface area contributed by atoms with Crippen LogP contribution in [-0.2, 0) is 15.4 Å². The van der Waals surface area contributed by atoms with Gasteiger partial charge in [-0.05, 0) is 40.5 Å². The quantitative estimate of drug-likeness (QED) is 0.320. The predicted molar refractivity (Wildman–Crippen MR) is 143 cm³/mol. The van der Waals surface area contributed by atoms with Gasteiger partial charge in [0.1, 0.15) is 0 Å². The molecule has 4 atom stereocenters. The Bertz CT molecular complexity index is 1670. The van der Waals surface area contributed by atoms with E-state index in [4.69, 9.17) is 7.58 Å². The highest BCUT2D eigenvalue weighted by Crippen LogP contribution is 2.55. The van der Waals surface area contributed by atoms with Crippen molar-refractivity contribution in [2.24, 2.45) is 5.92 Å². The molecule has 3 aromatic carbocycles. The molecule has 2 aliphatic heterocycles. The van der Waals surface area contributed by atoms with E-state index in [9.17, 15) is 18.3 Å². The number of benzene rings is 3. The van der Waals surface area contributed by atoms with Crippen molar-refractivity contribution in [2.75, 3.05) is 11.9 Å². The average Bonchev–Trinajstić information content (AvgIpc) is 3.32. The number of likely N-dealkylation sites (N-methyl/N-ethyl adjacent to an activating group) is 1. The molecule has 0 spiro atoms. The minimum atomic E-state index is -4.75. The number of alkyl halides is 3. The molecule has 1 aliphatic carbocycles. The van der Waals surface area contributed by atoms with Crippen molar-refractivity contribution in [3.05, 3.63) is 95.3 Å². The summed E-state index contributed by atoms with van der Waals surface area (Å²) < 4.78 is 55.8. The molecule has 3 heterocycles. The molecule has 1 radical (unpaired) electrons. The minimum absolute atomic E-state index is 0.0508. The average molecular weight is 560 g/mol. The molecule has 0 saturated heterocycles. The van der Waals surface area contributed by atoms with Crippen LogP contribution in [0.15, 0.2) is 78.5 Å². The third kappa shape index (κ3) is 3.60. The second-order valence-electron chi connectivity index (χ2n) is 11.1. The van der Waals surface area contributed by atoms with Gasteiger partial charge in [0.25, 0.3) is 0 Å². The van der Waals surface area contributed by atoms with Crippen molar-refractivity contribution in [3.8, 4) is 11.6 Å². The first kappa shape index (κ1) is 25.7. The summed E-state index contributed by atoms with van der Waals surface area (Å²) in [5.74, 6) is -1.70. The molecule has 4 unspecified atom stereocenters. The maximum absolute atomic E-state index is 14.3. The minimum Gasteiger partial charge on any atom is -0.851 e. The number of para-hydroxylation sites is 1. The van der Waals surface area contributed by atoms with Crippen LogP contribution in [0.2, 0.25) is 0 Å². The SMILES string of the molecule is CN1C(=CC2C([O-])C3c4c(C(F)(F)F)nn(-c5ccccc5)c4[O][Al][O]C23)C(C)(C)c2c1ccc1ccccc21. The summed E-state index contributed by atoms with van der Waals surface area (Å²) >= 11 is -1.15. The Morgan fingerprint density at radius 2 is 1.75 bits per heavy atom. The third-order valence-corrected chi connectivity index (χ3v) is 9.31. The highest BCUT2D eigenvalue weighted by atomic mass is 27.2. The number of nitrogens with zero attached hydrogens (tertiary/aromatic N) is 3. The van der Waals surface area contributed by atoms with Gasteiger partial charge in [-0.15, -0.1) is 6.10 Å². The molecule has 203 valence electrons. The second-order valence-corrected chi connectivity index (χ2v) is 11.8. The Balaban J connectivity index is 1.30. The van der Waals surface area contributed by atoms with Gasteiger partial charge in [0.15, 0.2) is 11.6 Å². The standard InChI is InChI=1S/C30H26F3N3O3.Al/c1-29(2)21(35(3)20-14-13-16-9-7-8-12-18(16)24(20)29)15-19-25(37)22(26(19)38)23-27(30(31,32)33)34-36(28(23)39)17-10-5-4-6-11-17;/h4-15,19,22,25-26,39H,1-3H3;/q-2;+2/p-1. The number of hydrogen-bond donors (Lipinski definition) is 0. The predicted octanol–water partition coefficient (Wildman–Crippen LogP) is 5.11. The van der Waals surface area contributed by atoms with Gasteiger partial charge in [0.2, 0.25) is 0 Å². The summed E-state index contributed by atoms with van der Waals surface area (Å²) in [6.07, 6.45) is -4.91. The lowest BCUT2D eigenvalue weighted by Crippen LogP contribution is -2.60. The summed E-state index contributed by atoms with van der Waals surface area (Å²) in [5, 5.41) is 20.0. The third-order valence-electron chi connectivity index (χ3n) is 8.56. The van der Waals surface area contributed by atoms with Crippen molar-refractivity contribution >= 4 is 32.3 Å². The van der Waals surface area contributed by atoms with Crippen LogP contribution >= 0.6 is 0 Å². The number of hydrogen-bond acceptors (Lipinski definition) is 5. The number of allylic oxidation sites excluding steroid dienone is 1. The molecule has 3 aliphatic rings. The Kier molecular flexibility index (Phi) is 5.68. The zero-order chi connectivity index (χ0) is 28.0. The fraction of sp³-hybridized carbons (Fsp3) is 0.300. The monoisotopic (exact) mass is 559 g/mol. The van der Waals surface area contributed by atoms with Crippen molar-refractivity contribution in [1.29, 1.82) is 0 Å². The van der Waals surface area contributed by atoms with Crippen molar-refractivity contribution < 1.29 is 25.9 Å². The molecule has 1 fully saturated rings. The molecule has 10 heteroatoms. The molecule has 0 bridgehead atoms. The highest BCUT2D eigenvalue weighted by molar-refractivity contribution is 6.19. The molecular formula is C30H25AlF3N3O3-. The van der Waals surface area contributed by atoms with Crippen LogP contribution in [0, 0.1) is 5.92 Å². The molecule has 6 nitrogen and oxygen atoms in total. The molecule has 1 aromatic heterocycles. The lowest BCUT2D eigenvalue weighted by molar-refractivity contribution is -0.466. The van der Waals surface area contributed by atoms with E-state index in [0.29, 0.717) is 5.69 Å². The van der Waals surface area contributed by atoms with Crippen LogP contribution in [0.4, 0.5) is 18.9 Å². The lowest BCUT2D eigenvalue weighted by atomic mass is 9.64. The van der Waals surface area contributed by atoms with E-state index in [0.717, 1.165) is 26.8 Å². The number of aromatic nitrogens is 2. The van der Waals surface area contributed by atoms with Crippen LogP contribution in [-0.4, -0.2) is 44.9 Å². The fourth-order valence-corrected chi connectivity index (χ4v) is 7.55. The number of rotatable bonds is 2. The van der Waals surface area contributed by atoms with Crippen LogP contribution in [0.1, 0.15) is 36.6 Å². The van der Waals surface area contributed by atoms with E-state index in [2.05, 4.69) is 48.1 Å². The van der Waals surface area contributed by atoms with E-state index in [1.165, 1.54) is 5.56 Å². The van der Waals surface area contributed by atoms with Crippen molar-refractivity contribution in [3.63, 3.8) is 0 Å². The van der Waals surface area contributed by atoms with Gasteiger partial charge in [-0.25, -0.2) is 4.68 Å². The smallest absolute Gasteiger partial charge is 0.775 e. The topological polar surface area (TPSA) is 62.6 Å². The summed E-state index contributed by atoms with van der Waals surface area (Å²) in [4.78, 5) is 2.09. The van der Waals surface area contributed by atoms with E-state index >= 15 is 0 Å². The first-order valence-electron chi connectivity index (χ1n) is 13.1. The van der Waals surface area contributed by atoms with Gasteiger partial charge in [-0.2, -0.15) is 18.3 Å². The molecule has 1 saturated carbocycles. The number of fused-ring (bicyclic) bond motifs is 6. The van der Waals surface area contributed by atoms with Crippen LogP contribution in [0.5, 0.6) is 5.88 Å². The number of anilines is 1. The Hall–Kier alpha value is -3.29.